The van der Waals surface area contributed by atoms with Gasteiger partial charge in [0.15, 0.2) is 9.84 Å². The van der Waals surface area contributed by atoms with Crippen molar-refractivity contribution in [2.24, 2.45) is 5.73 Å². The van der Waals surface area contributed by atoms with E-state index in [4.69, 9.17) is 5.73 Å². The van der Waals surface area contributed by atoms with E-state index in [1.54, 1.807) is 18.2 Å². The van der Waals surface area contributed by atoms with Crippen molar-refractivity contribution in [3.05, 3.63) is 65.2 Å². The van der Waals surface area contributed by atoms with Crippen LogP contribution in [0.4, 0.5) is 0 Å². The van der Waals surface area contributed by atoms with Crippen molar-refractivity contribution >= 4 is 9.84 Å². The first-order chi connectivity index (χ1) is 9.01. The van der Waals surface area contributed by atoms with E-state index in [2.05, 4.69) is 0 Å². The minimum atomic E-state index is -3.29. The molecule has 0 heterocycles. The van der Waals surface area contributed by atoms with Crippen molar-refractivity contribution in [3.63, 3.8) is 0 Å². The summed E-state index contributed by atoms with van der Waals surface area (Å²) in [5, 5.41) is 0. The lowest BCUT2D eigenvalue weighted by Crippen LogP contribution is -2.05. The molecule has 0 radical (unpaired) electrons. The summed E-state index contributed by atoms with van der Waals surface area (Å²) in [6.07, 6.45) is 0. The third-order valence-electron chi connectivity index (χ3n) is 2.96. The van der Waals surface area contributed by atoms with Gasteiger partial charge in [-0.2, -0.15) is 0 Å². The maximum Gasteiger partial charge on any atom is 0.182 e. The molecule has 19 heavy (non-hydrogen) atoms. The van der Waals surface area contributed by atoms with Crippen LogP contribution in [0.15, 0.2) is 53.4 Å². The van der Waals surface area contributed by atoms with Crippen LogP contribution in [0.25, 0.3) is 0 Å². The summed E-state index contributed by atoms with van der Waals surface area (Å²) in [5.41, 5.74) is 8.23. The molecule has 0 aliphatic carbocycles. The van der Waals surface area contributed by atoms with E-state index in [1.807, 2.05) is 37.3 Å². The number of hydrogen-bond donors (Lipinski definition) is 1. The highest BCUT2D eigenvalue weighted by molar-refractivity contribution is 7.90. The molecule has 2 N–H and O–H groups in total. The van der Waals surface area contributed by atoms with E-state index >= 15 is 0 Å². The standard InChI is InChI=1S/C15H17NO2S/c1-12-3-2-4-15(9-12)19(17,18)11-14-7-5-13(10-16)6-8-14/h2-9H,10-11,16H2,1H3. The largest absolute Gasteiger partial charge is 0.326 e. The van der Waals surface area contributed by atoms with Crippen molar-refractivity contribution in [2.75, 3.05) is 0 Å². The minimum absolute atomic E-state index is 0.0152. The van der Waals surface area contributed by atoms with Crippen LogP contribution in [0.5, 0.6) is 0 Å². The highest BCUT2D eigenvalue weighted by atomic mass is 32.2. The van der Waals surface area contributed by atoms with Gasteiger partial charge in [0.1, 0.15) is 0 Å². The number of hydrogen-bond acceptors (Lipinski definition) is 3. The van der Waals surface area contributed by atoms with Crippen LogP contribution in [0.2, 0.25) is 0 Å². The maximum absolute atomic E-state index is 12.3. The molecule has 0 spiro atoms. The Morgan fingerprint density at radius 1 is 1.00 bits per heavy atom. The van der Waals surface area contributed by atoms with Crippen LogP contribution < -0.4 is 5.73 Å². The van der Waals surface area contributed by atoms with E-state index in [1.165, 1.54) is 0 Å². The molecule has 0 saturated heterocycles. The molecular weight excluding hydrogens is 258 g/mol. The molecule has 0 bridgehead atoms. The van der Waals surface area contributed by atoms with E-state index in [0.717, 1.165) is 16.7 Å². The van der Waals surface area contributed by atoms with Crippen molar-refractivity contribution in [3.8, 4) is 0 Å². The third-order valence-corrected chi connectivity index (χ3v) is 4.65. The molecule has 0 atom stereocenters. The van der Waals surface area contributed by atoms with Gasteiger partial charge in [-0.05, 0) is 35.7 Å². The van der Waals surface area contributed by atoms with Crippen LogP contribution in [0, 0.1) is 6.92 Å². The van der Waals surface area contributed by atoms with Crippen LogP contribution in [-0.4, -0.2) is 8.42 Å². The molecule has 2 rings (SSSR count). The zero-order chi connectivity index (χ0) is 13.9. The number of nitrogens with two attached hydrogens (primary N) is 1. The number of rotatable bonds is 4. The monoisotopic (exact) mass is 275 g/mol. The molecular formula is C15H17NO2S. The van der Waals surface area contributed by atoms with Crippen LogP contribution in [-0.2, 0) is 22.1 Å². The average Bonchev–Trinajstić information content (AvgIpc) is 2.39. The first kappa shape index (κ1) is 13.8. The zero-order valence-corrected chi connectivity index (χ0v) is 11.7. The van der Waals surface area contributed by atoms with Gasteiger partial charge in [0, 0.05) is 6.54 Å². The van der Waals surface area contributed by atoms with E-state index in [-0.39, 0.29) is 5.75 Å². The summed E-state index contributed by atoms with van der Waals surface area (Å²) in [4.78, 5) is 0.371. The Bertz CT molecular complexity index is 661. The molecule has 4 heteroatoms. The Hall–Kier alpha value is -1.65. The second-order valence-electron chi connectivity index (χ2n) is 4.60. The summed E-state index contributed by atoms with van der Waals surface area (Å²) in [6.45, 7) is 2.35. The normalized spacial score (nSPS) is 11.5. The van der Waals surface area contributed by atoms with Crippen molar-refractivity contribution in [1.82, 2.24) is 0 Å². The van der Waals surface area contributed by atoms with Gasteiger partial charge in [-0.3, -0.25) is 0 Å². The first-order valence-corrected chi connectivity index (χ1v) is 7.74. The molecule has 2 aromatic carbocycles. The summed E-state index contributed by atoms with van der Waals surface area (Å²) >= 11 is 0. The van der Waals surface area contributed by atoms with Gasteiger partial charge in [0.05, 0.1) is 10.6 Å². The van der Waals surface area contributed by atoms with Crippen molar-refractivity contribution < 1.29 is 8.42 Å². The molecule has 0 unspecified atom stereocenters. The quantitative estimate of drug-likeness (QED) is 0.932. The van der Waals surface area contributed by atoms with Crippen LogP contribution in [0.3, 0.4) is 0 Å². The highest BCUT2D eigenvalue weighted by Gasteiger charge is 2.15. The average molecular weight is 275 g/mol. The predicted molar refractivity (Wildman–Crippen MR) is 76.4 cm³/mol. The Labute approximate surface area is 114 Å². The fourth-order valence-electron chi connectivity index (χ4n) is 1.88. The van der Waals surface area contributed by atoms with Gasteiger partial charge in [-0.15, -0.1) is 0 Å². The van der Waals surface area contributed by atoms with Gasteiger partial charge < -0.3 is 5.73 Å². The molecule has 2 aromatic rings. The van der Waals surface area contributed by atoms with Gasteiger partial charge in [-0.1, -0.05) is 36.4 Å². The Kier molecular flexibility index (Phi) is 4.02. The van der Waals surface area contributed by atoms with Crippen molar-refractivity contribution in [1.29, 1.82) is 0 Å². The minimum Gasteiger partial charge on any atom is -0.326 e. The van der Waals surface area contributed by atoms with Gasteiger partial charge in [-0.25, -0.2) is 8.42 Å². The van der Waals surface area contributed by atoms with E-state index < -0.39 is 9.84 Å². The lowest BCUT2D eigenvalue weighted by atomic mass is 10.1. The van der Waals surface area contributed by atoms with Gasteiger partial charge >= 0.3 is 0 Å². The summed E-state index contributed by atoms with van der Waals surface area (Å²) in [5.74, 6) is 0.0152. The van der Waals surface area contributed by atoms with E-state index in [9.17, 15) is 8.42 Å². The summed E-state index contributed by atoms with van der Waals surface area (Å²) < 4.78 is 24.6. The molecule has 0 aromatic heterocycles. The first-order valence-electron chi connectivity index (χ1n) is 6.08. The zero-order valence-electron chi connectivity index (χ0n) is 10.8. The maximum atomic E-state index is 12.3. The second-order valence-corrected chi connectivity index (χ2v) is 6.59. The van der Waals surface area contributed by atoms with Crippen LogP contribution >= 0.6 is 0 Å². The number of benzene rings is 2. The Balaban J connectivity index is 2.25. The Morgan fingerprint density at radius 3 is 2.21 bits per heavy atom. The van der Waals surface area contributed by atoms with Crippen molar-refractivity contribution in [2.45, 2.75) is 24.1 Å². The lowest BCUT2D eigenvalue weighted by Gasteiger charge is -2.06. The second kappa shape index (κ2) is 5.55. The third kappa shape index (κ3) is 3.43. The Morgan fingerprint density at radius 2 is 1.63 bits per heavy atom. The van der Waals surface area contributed by atoms with Gasteiger partial charge in [0.2, 0.25) is 0 Å². The topological polar surface area (TPSA) is 60.2 Å². The smallest absolute Gasteiger partial charge is 0.182 e. The van der Waals surface area contributed by atoms with E-state index in [0.29, 0.717) is 11.4 Å². The highest BCUT2D eigenvalue weighted by Crippen LogP contribution is 2.17. The van der Waals surface area contributed by atoms with Gasteiger partial charge in [0.25, 0.3) is 0 Å². The SMILES string of the molecule is Cc1cccc(S(=O)(=O)Cc2ccc(CN)cc2)c1. The fourth-order valence-corrected chi connectivity index (χ4v) is 3.33. The number of sulfone groups is 1. The fraction of sp³-hybridized carbons (Fsp3) is 0.200. The lowest BCUT2D eigenvalue weighted by molar-refractivity contribution is 0.595. The molecule has 0 amide bonds. The molecule has 0 aliphatic heterocycles. The predicted octanol–water partition coefficient (Wildman–Crippen LogP) is 2.43. The molecule has 100 valence electrons. The summed E-state index contributed by atoms with van der Waals surface area (Å²) in [6, 6.07) is 14.3. The summed E-state index contributed by atoms with van der Waals surface area (Å²) in [7, 11) is -3.29. The molecule has 0 aliphatic rings. The molecule has 3 nitrogen and oxygen atoms in total. The van der Waals surface area contributed by atoms with Crippen LogP contribution in [0.1, 0.15) is 16.7 Å². The molecule has 0 fully saturated rings. The molecule has 0 saturated carbocycles. The number of aryl methyl sites for hydroxylation is 1.